The number of nitrogens with one attached hydrogen (secondary N) is 2. The smallest absolute Gasteiger partial charge is 0.241 e. The summed E-state index contributed by atoms with van der Waals surface area (Å²) in [5, 5.41) is 8.61. The van der Waals surface area contributed by atoms with Crippen molar-refractivity contribution in [2.45, 2.75) is 25.8 Å². The summed E-state index contributed by atoms with van der Waals surface area (Å²) in [6.45, 7) is 5.80. The molecule has 0 aliphatic rings. The summed E-state index contributed by atoms with van der Waals surface area (Å²) >= 11 is 1.74. The highest BCUT2D eigenvalue weighted by molar-refractivity contribution is 7.10. The van der Waals surface area contributed by atoms with Gasteiger partial charge in [-0.15, -0.1) is 11.3 Å². The van der Waals surface area contributed by atoms with Crippen molar-refractivity contribution in [1.29, 1.82) is 0 Å². The Bertz CT molecular complexity index is 768. The average Bonchev–Trinajstić information content (AvgIpc) is 3.23. The van der Waals surface area contributed by atoms with E-state index < -0.39 is 0 Å². The molecule has 0 saturated heterocycles. The van der Waals surface area contributed by atoms with Crippen molar-refractivity contribution in [3.8, 4) is 5.75 Å². The molecule has 0 bridgehead atoms. The van der Waals surface area contributed by atoms with Crippen molar-refractivity contribution in [2.75, 3.05) is 34.3 Å². The molecule has 2 N–H and O–H groups in total. The standard InChI is InChI=1S/C21H30N4O2S/c1-21(2,18-7-6-12-28-18)15-24-20(23-14-19(26)25(3)4)22-13-16-8-10-17(27-5)11-9-16/h6-12H,13-15H2,1-5H3,(H2,22,23,24). The van der Waals surface area contributed by atoms with E-state index in [1.54, 1.807) is 37.4 Å². The van der Waals surface area contributed by atoms with Crippen LogP contribution >= 0.6 is 11.3 Å². The normalized spacial score (nSPS) is 11.8. The van der Waals surface area contributed by atoms with Crippen molar-refractivity contribution in [3.05, 3.63) is 52.2 Å². The number of hydrogen-bond donors (Lipinski definition) is 2. The summed E-state index contributed by atoms with van der Waals surface area (Å²) in [5.74, 6) is 1.44. The zero-order valence-electron chi connectivity index (χ0n) is 17.3. The Morgan fingerprint density at radius 1 is 1.18 bits per heavy atom. The van der Waals surface area contributed by atoms with Crippen molar-refractivity contribution >= 4 is 23.2 Å². The number of ether oxygens (including phenoxy) is 1. The van der Waals surface area contributed by atoms with Gasteiger partial charge >= 0.3 is 0 Å². The Morgan fingerprint density at radius 2 is 1.89 bits per heavy atom. The predicted octanol–water partition coefficient (Wildman–Crippen LogP) is 2.86. The van der Waals surface area contributed by atoms with Crippen LogP contribution in [0.5, 0.6) is 5.75 Å². The quantitative estimate of drug-likeness (QED) is 0.526. The second kappa shape index (κ2) is 10.1. The molecule has 28 heavy (non-hydrogen) atoms. The fourth-order valence-corrected chi connectivity index (χ4v) is 3.30. The number of rotatable bonds is 8. The van der Waals surface area contributed by atoms with Crippen LogP contribution in [0, 0.1) is 0 Å². The molecule has 152 valence electrons. The largest absolute Gasteiger partial charge is 0.497 e. The number of hydrogen-bond acceptors (Lipinski definition) is 4. The monoisotopic (exact) mass is 402 g/mol. The van der Waals surface area contributed by atoms with Gasteiger partial charge in [0.1, 0.15) is 5.75 Å². The average molecular weight is 403 g/mol. The summed E-state index contributed by atoms with van der Waals surface area (Å²) in [4.78, 5) is 19.5. The van der Waals surface area contributed by atoms with Crippen molar-refractivity contribution in [1.82, 2.24) is 15.5 Å². The van der Waals surface area contributed by atoms with Gasteiger partial charge in [-0.1, -0.05) is 32.0 Å². The summed E-state index contributed by atoms with van der Waals surface area (Å²) in [6.07, 6.45) is 0. The van der Waals surface area contributed by atoms with Gasteiger partial charge in [0.2, 0.25) is 5.91 Å². The number of methoxy groups -OCH3 is 1. The third kappa shape index (κ3) is 6.56. The number of likely N-dealkylation sites (N-methyl/N-ethyl adjacent to an activating group) is 1. The summed E-state index contributed by atoms with van der Waals surface area (Å²) < 4.78 is 5.19. The number of carbonyl (C=O) groups excluding carboxylic acids is 1. The molecule has 1 aromatic heterocycles. The van der Waals surface area contributed by atoms with E-state index in [2.05, 4.69) is 47.0 Å². The van der Waals surface area contributed by atoms with Gasteiger partial charge in [-0.3, -0.25) is 4.79 Å². The molecule has 0 fully saturated rings. The predicted molar refractivity (Wildman–Crippen MR) is 116 cm³/mol. The third-order valence-corrected chi connectivity index (χ3v) is 5.61. The second-order valence-corrected chi connectivity index (χ2v) is 8.32. The number of aliphatic imine (C=N–C) groups is 1. The zero-order valence-corrected chi connectivity index (χ0v) is 18.1. The SMILES string of the molecule is COc1ccc(CN=C(NCC(=O)N(C)C)NCC(C)(C)c2cccs2)cc1. The minimum Gasteiger partial charge on any atom is -0.497 e. The molecule has 0 spiro atoms. The molecule has 0 aliphatic carbocycles. The number of carbonyl (C=O) groups is 1. The van der Waals surface area contributed by atoms with E-state index in [1.165, 1.54) is 4.88 Å². The van der Waals surface area contributed by atoms with E-state index in [9.17, 15) is 4.79 Å². The molecule has 1 amide bonds. The van der Waals surface area contributed by atoms with Crippen LogP contribution in [0.1, 0.15) is 24.3 Å². The zero-order chi connectivity index (χ0) is 20.6. The number of guanidine groups is 1. The van der Waals surface area contributed by atoms with Crippen molar-refractivity contribution < 1.29 is 9.53 Å². The molecule has 0 radical (unpaired) electrons. The molecule has 2 rings (SSSR count). The fourth-order valence-electron chi connectivity index (χ4n) is 2.45. The minimum atomic E-state index is -0.0394. The van der Waals surface area contributed by atoms with E-state index >= 15 is 0 Å². The molecular formula is C21H30N4O2S. The van der Waals surface area contributed by atoms with Gasteiger partial charge in [0, 0.05) is 30.9 Å². The molecular weight excluding hydrogens is 372 g/mol. The molecule has 1 heterocycles. The number of nitrogens with zero attached hydrogens (tertiary/aromatic N) is 2. The van der Waals surface area contributed by atoms with Crippen LogP contribution in [0.25, 0.3) is 0 Å². The lowest BCUT2D eigenvalue weighted by Crippen LogP contribution is -2.46. The third-order valence-electron chi connectivity index (χ3n) is 4.37. The van der Waals surface area contributed by atoms with E-state index in [4.69, 9.17) is 4.74 Å². The van der Waals surface area contributed by atoms with Gasteiger partial charge in [0.25, 0.3) is 0 Å². The van der Waals surface area contributed by atoms with E-state index in [0.717, 1.165) is 11.3 Å². The Morgan fingerprint density at radius 3 is 2.46 bits per heavy atom. The first-order chi connectivity index (χ1) is 13.3. The number of amides is 1. The maximum Gasteiger partial charge on any atom is 0.241 e. The van der Waals surface area contributed by atoms with Crippen molar-refractivity contribution in [2.24, 2.45) is 4.99 Å². The highest BCUT2D eigenvalue weighted by atomic mass is 32.1. The first-order valence-corrected chi connectivity index (χ1v) is 10.1. The minimum absolute atomic E-state index is 0.00327. The summed E-state index contributed by atoms with van der Waals surface area (Å²) in [7, 11) is 5.13. The van der Waals surface area contributed by atoms with Crippen molar-refractivity contribution in [3.63, 3.8) is 0 Å². The highest BCUT2D eigenvalue weighted by Crippen LogP contribution is 2.26. The molecule has 0 unspecified atom stereocenters. The summed E-state index contributed by atoms with van der Waals surface area (Å²) in [6, 6.07) is 12.0. The fraction of sp³-hybridized carbons (Fsp3) is 0.429. The number of thiophene rings is 1. The van der Waals surface area contributed by atoms with E-state index in [1.807, 2.05) is 24.3 Å². The van der Waals surface area contributed by atoms with Gasteiger partial charge < -0.3 is 20.3 Å². The molecule has 0 saturated carbocycles. The maximum atomic E-state index is 11.9. The van der Waals surface area contributed by atoms with Crippen LogP contribution in [0.3, 0.4) is 0 Å². The highest BCUT2D eigenvalue weighted by Gasteiger charge is 2.22. The Hall–Kier alpha value is -2.54. The number of benzene rings is 1. The molecule has 0 atom stereocenters. The van der Waals surface area contributed by atoms with Crippen LogP contribution in [-0.4, -0.2) is 51.1 Å². The van der Waals surface area contributed by atoms with Crippen LogP contribution in [0.2, 0.25) is 0 Å². The van der Waals surface area contributed by atoms with Crippen LogP contribution in [-0.2, 0) is 16.8 Å². The Balaban J connectivity index is 2.05. The molecule has 6 nitrogen and oxygen atoms in total. The van der Waals surface area contributed by atoms with E-state index in [-0.39, 0.29) is 17.9 Å². The lowest BCUT2D eigenvalue weighted by atomic mass is 9.91. The summed E-state index contributed by atoms with van der Waals surface area (Å²) in [5.41, 5.74) is 1.03. The molecule has 1 aromatic carbocycles. The van der Waals surface area contributed by atoms with Gasteiger partial charge in [-0.05, 0) is 29.1 Å². The molecule has 2 aromatic rings. The maximum absolute atomic E-state index is 11.9. The second-order valence-electron chi connectivity index (χ2n) is 7.37. The molecule has 7 heteroatoms. The lowest BCUT2D eigenvalue weighted by molar-refractivity contribution is -0.127. The topological polar surface area (TPSA) is 66.0 Å². The first kappa shape index (κ1) is 21.8. The van der Waals surface area contributed by atoms with Gasteiger partial charge in [0.15, 0.2) is 5.96 Å². The van der Waals surface area contributed by atoms with Gasteiger partial charge in [-0.25, -0.2) is 4.99 Å². The van der Waals surface area contributed by atoms with Gasteiger partial charge in [0.05, 0.1) is 20.2 Å². The van der Waals surface area contributed by atoms with Crippen LogP contribution in [0.15, 0.2) is 46.8 Å². The van der Waals surface area contributed by atoms with Crippen LogP contribution in [0.4, 0.5) is 0 Å². The van der Waals surface area contributed by atoms with Gasteiger partial charge in [-0.2, -0.15) is 0 Å². The first-order valence-electron chi connectivity index (χ1n) is 9.21. The van der Waals surface area contributed by atoms with Crippen LogP contribution < -0.4 is 15.4 Å². The Kier molecular flexibility index (Phi) is 7.87. The Labute approximate surface area is 171 Å². The molecule has 0 aliphatic heterocycles. The lowest BCUT2D eigenvalue weighted by Gasteiger charge is -2.25. The van der Waals surface area contributed by atoms with E-state index in [0.29, 0.717) is 19.0 Å².